The van der Waals surface area contributed by atoms with Gasteiger partial charge in [0.05, 0.1) is 37.4 Å². The highest BCUT2D eigenvalue weighted by molar-refractivity contribution is 7.89. The Balaban J connectivity index is 2.20. The number of nitrogens with two attached hydrogens (primary N) is 1. The molecule has 1 aromatic heterocycles. The van der Waals surface area contributed by atoms with Crippen molar-refractivity contribution in [2.75, 3.05) is 21.3 Å². The van der Waals surface area contributed by atoms with Gasteiger partial charge < -0.3 is 18.8 Å². The van der Waals surface area contributed by atoms with Crippen molar-refractivity contribution in [2.24, 2.45) is 5.14 Å². The summed E-state index contributed by atoms with van der Waals surface area (Å²) in [5.74, 6) is 1.56. The summed E-state index contributed by atoms with van der Waals surface area (Å²) in [6, 6.07) is 10.2. The van der Waals surface area contributed by atoms with E-state index in [2.05, 4.69) is 0 Å². The van der Waals surface area contributed by atoms with E-state index in [0.29, 0.717) is 17.2 Å². The van der Waals surface area contributed by atoms with Crippen molar-refractivity contribution in [3.05, 3.63) is 42.6 Å². The lowest BCUT2D eigenvalue weighted by molar-refractivity contribution is 0.324. The van der Waals surface area contributed by atoms with Crippen molar-refractivity contribution < 1.29 is 22.6 Å². The number of ether oxygens (including phenoxy) is 3. The summed E-state index contributed by atoms with van der Waals surface area (Å²) in [6.45, 7) is 0. The SMILES string of the molecule is COc1cc(-n2ccc3cc(S(N)(=O)=O)ccc32)cc(OC)c1OC. The van der Waals surface area contributed by atoms with E-state index in [1.165, 1.54) is 6.07 Å². The maximum Gasteiger partial charge on any atom is 0.238 e. The lowest BCUT2D eigenvalue weighted by Crippen LogP contribution is -2.11. The fourth-order valence-corrected chi connectivity index (χ4v) is 3.28. The van der Waals surface area contributed by atoms with Crippen LogP contribution in [0.2, 0.25) is 0 Å². The molecule has 0 radical (unpaired) electrons. The minimum absolute atomic E-state index is 0.0719. The number of fused-ring (bicyclic) bond motifs is 1. The van der Waals surface area contributed by atoms with E-state index in [1.54, 1.807) is 33.5 Å². The Morgan fingerprint density at radius 3 is 2.08 bits per heavy atom. The highest BCUT2D eigenvalue weighted by Gasteiger charge is 2.16. The first-order valence-electron chi connectivity index (χ1n) is 7.33. The molecule has 0 amide bonds. The smallest absolute Gasteiger partial charge is 0.238 e. The van der Waals surface area contributed by atoms with Crippen molar-refractivity contribution in [3.63, 3.8) is 0 Å². The Morgan fingerprint density at radius 2 is 1.56 bits per heavy atom. The number of hydrogen-bond donors (Lipinski definition) is 1. The lowest BCUT2D eigenvalue weighted by Gasteiger charge is -2.15. The van der Waals surface area contributed by atoms with Gasteiger partial charge in [-0.05, 0) is 24.3 Å². The average molecular weight is 362 g/mol. The summed E-state index contributed by atoms with van der Waals surface area (Å²) in [6.07, 6.45) is 1.83. The van der Waals surface area contributed by atoms with Crippen LogP contribution in [0.4, 0.5) is 0 Å². The van der Waals surface area contributed by atoms with Gasteiger partial charge in [-0.2, -0.15) is 0 Å². The normalized spacial score (nSPS) is 11.5. The van der Waals surface area contributed by atoms with E-state index in [0.717, 1.165) is 16.6 Å². The Labute approximate surface area is 145 Å². The third-order valence-electron chi connectivity index (χ3n) is 3.92. The van der Waals surface area contributed by atoms with E-state index in [4.69, 9.17) is 19.3 Å². The largest absolute Gasteiger partial charge is 0.493 e. The van der Waals surface area contributed by atoms with Crippen LogP contribution in [-0.2, 0) is 10.0 Å². The Bertz CT molecular complexity index is 1020. The molecule has 25 heavy (non-hydrogen) atoms. The third-order valence-corrected chi connectivity index (χ3v) is 4.83. The van der Waals surface area contributed by atoms with Crippen LogP contribution in [0.1, 0.15) is 0 Å². The second-order valence-electron chi connectivity index (χ2n) is 5.33. The van der Waals surface area contributed by atoms with E-state index in [-0.39, 0.29) is 4.90 Å². The molecule has 0 aliphatic rings. The van der Waals surface area contributed by atoms with Gasteiger partial charge in [0, 0.05) is 23.7 Å². The summed E-state index contributed by atoms with van der Waals surface area (Å²) in [4.78, 5) is 0.0719. The maximum absolute atomic E-state index is 11.5. The fourth-order valence-electron chi connectivity index (χ4n) is 2.73. The average Bonchev–Trinajstić information content (AvgIpc) is 3.02. The van der Waals surface area contributed by atoms with Crippen molar-refractivity contribution in [3.8, 4) is 22.9 Å². The van der Waals surface area contributed by atoms with Crippen LogP contribution >= 0.6 is 0 Å². The number of sulfonamides is 1. The van der Waals surface area contributed by atoms with Crippen molar-refractivity contribution in [2.45, 2.75) is 4.90 Å². The summed E-state index contributed by atoms with van der Waals surface area (Å²) in [7, 11) is 0.893. The zero-order chi connectivity index (χ0) is 18.2. The number of rotatable bonds is 5. The molecule has 0 atom stereocenters. The van der Waals surface area contributed by atoms with Gasteiger partial charge in [-0.15, -0.1) is 0 Å². The summed E-state index contributed by atoms with van der Waals surface area (Å²) in [5.41, 5.74) is 1.61. The summed E-state index contributed by atoms with van der Waals surface area (Å²) < 4.78 is 41.0. The molecule has 0 bridgehead atoms. The molecular weight excluding hydrogens is 344 g/mol. The molecular formula is C17H18N2O5S. The van der Waals surface area contributed by atoms with Crippen LogP contribution in [0.3, 0.4) is 0 Å². The Kier molecular flexibility index (Phi) is 4.32. The molecule has 2 aromatic carbocycles. The highest BCUT2D eigenvalue weighted by Crippen LogP contribution is 2.40. The molecule has 0 unspecified atom stereocenters. The first kappa shape index (κ1) is 17.1. The van der Waals surface area contributed by atoms with Gasteiger partial charge in [0.25, 0.3) is 0 Å². The second kappa shape index (κ2) is 6.30. The van der Waals surface area contributed by atoms with Crippen molar-refractivity contribution in [1.82, 2.24) is 4.57 Å². The number of primary sulfonamides is 1. The predicted molar refractivity (Wildman–Crippen MR) is 94.3 cm³/mol. The molecule has 0 saturated carbocycles. The van der Waals surface area contributed by atoms with Crippen LogP contribution in [0.25, 0.3) is 16.6 Å². The summed E-state index contributed by atoms with van der Waals surface area (Å²) >= 11 is 0. The van der Waals surface area contributed by atoms with Crippen LogP contribution < -0.4 is 19.3 Å². The Hall–Kier alpha value is -2.71. The number of benzene rings is 2. The molecule has 3 rings (SSSR count). The van der Waals surface area contributed by atoms with Crippen molar-refractivity contribution in [1.29, 1.82) is 0 Å². The topological polar surface area (TPSA) is 92.8 Å². The highest BCUT2D eigenvalue weighted by atomic mass is 32.2. The third kappa shape index (κ3) is 3.01. The van der Waals surface area contributed by atoms with Gasteiger partial charge in [0.1, 0.15) is 0 Å². The minimum atomic E-state index is -3.75. The van der Waals surface area contributed by atoms with Gasteiger partial charge >= 0.3 is 0 Å². The molecule has 0 saturated heterocycles. The zero-order valence-electron chi connectivity index (χ0n) is 14.0. The van der Waals surface area contributed by atoms with E-state index >= 15 is 0 Å². The molecule has 0 aliphatic heterocycles. The quantitative estimate of drug-likeness (QED) is 0.752. The fraction of sp³-hybridized carbons (Fsp3) is 0.176. The molecule has 0 fully saturated rings. The second-order valence-corrected chi connectivity index (χ2v) is 6.90. The van der Waals surface area contributed by atoms with Gasteiger partial charge in [0.2, 0.25) is 15.8 Å². The van der Waals surface area contributed by atoms with Crippen LogP contribution in [0.5, 0.6) is 17.2 Å². The molecule has 8 heteroatoms. The maximum atomic E-state index is 11.5. The van der Waals surface area contributed by atoms with Crippen molar-refractivity contribution >= 4 is 20.9 Å². The van der Waals surface area contributed by atoms with E-state index in [1.807, 2.05) is 29.0 Å². The minimum Gasteiger partial charge on any atom is -0.493 e. The first-order chi connectivity index (χ1) is 11.9. The van der Waals surface area contributed by atoms with E-state index in [9.17, 15) is 8.42 Å². The molecule has 2 N–H and O–H groups in total. The summed E-state index contributed by atoms with van der Waals surface area (Å²) in [5, 5.41) is 5.94. The van der Waals surface area contributed by atoms with Gasteiger partial charge in [-0.25, -0.2) is 13.6 Å². The molecule has 0 aliphatic carbocycles. The van der Waals surface area contributed by atoms with Crippen LogP contribution in [-0.4, -0.2) is 34.3 Å². The van der Waals surface area contributed by atoms with Crippen LogP contribution in [0, 0.1) is 0 Å². The number of hydrogen-bond acceptors (Lipinski definition) is 5. The number of aromatic nitrogens is 1. The lowest BCUT2D eigenvalue weighted by atomic mass is 10.2. The molecule has 132 valence electrons. The molecule has 0 spiro atoms. The molecule has 1 heterocycles. The van der Waals surface area contributed by atoms with E-state index < -0.39 is 10.0 Å². The first-order valence-corrected chi connectivity index (χ1v) is 8.88. The van der Waals surface area contributed by atoms with Crippen LogP contribution in [0.15, 0.2) is 47.5 Å². The number of methoxy groups -OCH3 is 3. The van der Waals surface area contributed by atoms with Gasteiger partial charge in [0.15, 0.2) is 11.5 Å². The van der Waals surface area contributed by atoms with Gasteiger partial charge in [-0.1, -0.05) is 0 Å². The molecule has 7 nitrogen and oxygen atoms in total. The predicted octanol–water partition coefficient (Wildman–Crippen LogP) is 2.30. The zero-order valence-corrected chi connectivity index (χ0v) is 14.8. The molecule has 3 aromatic rings. The Morgan fingerprint density at radius 1 is 0.920 bits per heavy atom. The number of nitrogens with zero attached hydrogens (tertiary/aromatic N) is 1. The van der Waals surface area contributed by atoms with Gasteiger partial charge in [-0.3, -0.25) is 0 Å². The monoisotopic (exact) mass is 362 g/mol. The standard InChI is InChI=1S/C17H18N2O5S/c1-22-15-9-12(10-16(23-2)17(15)24-3)19-7-6-11-8-13(25(18,20)21)4-5-14(11)19/h4-10H,1-3H3,(H2,18,20,21).